The van der Waals surface area contributed by atoms with E-state index in [9.17, 15) is 9.59 Å². The minimum atomic E-state index is -0.938. The molecule has 0 aromatic heterocycles. The SMILES string of the molecule is CC(CC(=O)O)NC(=O)C1(c2ccccc2Cl)CCOCC1. The van der Waals surface area contributed by atoms with Crippen LogP contribution in [0.2, 0.25) is 5.02 Å². The highest BCUT2D eigenvalue weighted by Crippen LogP contribution is 2.39. The average molecular weight is 326 g/mol. The van der Waals surface area contributed by atoms with Crippen molar-refractivity contribution in [1.29, 1.82) is 0 Å². The van der Waals surface area contributed by atoms with E-state index in [0.717, 1.165) is 5.56 Å². The van der Waals surface area contributed by atoms with Crippen molar-refractivity contribution in [2.75, 3.05) is 13.2 Å². The van der Waals surface area contributed by atoms with Crippen LogP contribution in [-0.2, 0) is 19.7 Å². The standard InChI is InChI=1S/C16H20ClNO4/c1-11(10-14(19)20)18-15(21)16(6-8-22-9-7-16)12-4-2-3-5-13(12)17/h2-5,11H,6-10H2,1H3,(H,18,21)(H,19,20). The maximum absolute atomic E-state index is 12.8. The Morgan fingerprint density at radius 3 is 2.59 bits per heavy atom. The first-order valence-corrected chi connectivity index (χ1v) is 7.69. The van der Waals surface area contributed by atoms with Crippen LogP contribution in [0.25, 0.3) is 0 Å². The van der Waals surface area contributed by atoms with Crippen LogP contribution in [0, 0.1) is 0 Å². The van der Waals surface area contributed by atoms with Crippen LogP contribution in [0.15, 0.2) is 24.3 Å². The van der Waals surface area contributed by atoms with Crippen LogP contribution < -0.4 is 5.32 Å². The van der Waals surface area contributed by atoms with Gasteiger partial charge >= 0.3 is 5.97 Å². The second-order valence-electron chi connectivity index (χ2n) is 5.65. The zero-order valence-corrected chi connectivity index (χ0v) is 13.2. The van der Waals surface area contributed by atoms with Crippen LogP contribution >= 0.6 is 11.6 Å². The van der Waals surface area contributed by atoms with E-state index in [1.54, 1.807) is 13.0 Å². The summed E-state index contributed by atoms with van der Waals surface area (Å²) in [6.07, 6.45) is 0.950. The average Bonchev–Trinajstić information content (AvgIpc) is 2.47. The van der Waals surface area contributed by atoms with Crippen LogP contribution in [0.5, 0.6) is 0 Å². The second-order valence-corrected chi connectivity index (χ2v) is 6.05. The van der Waals surface area contributed by atoms with Gasteiger partial charge in [-0.25, -0.2) is 0 Å². The molecule has 0 aliphatic carbocycles. The number of ether oxygens (including phenoxy) is 1. The number of carboxylic acid groups (broad SMARTS) is 1. The number of nitrogens with one attached hydrogen (secondary N) is 1. The topological polar surface area (TPSA) is 75.6 Å². The highest BCUT2D eigenvalue weighted by atomic mass is 35.5. The Morgan fingerprint density at radius 1 is 1.36 bits per heavy atom. The van der Waals surface area contributed by atoms with E-state index in [1.165, 1.54) is 0 Å². The van der Waals surface area contributed by atoms with Crippen molar-refractivity contribution in [3.8, 4) is 0 Å². The van der Waals surface area contributed by atoms with Crippen molar-refractivity contribution in [2.24, 2.45) is 0 Å². The molecule has 1 amide bonds. The highest BCUT2D eigenvalue weighted by molar-refractivity contribution is 6.31. The van der Waals surface area contributed by atoms with E-state index in [1.807, 2.05) is 18.2 Å². The van der Waals surface area contributed by atoms with E-state index in [0.29, 0.717) is 31.1 Å². The summed E-state index contributed by atoms with van der Waals surface area (Å²) < 4.78 is 5.39. The maximum Gasteiger partial charge on any atom is 0.305 e. The number of carbonyl (C=O) groups excluding carboxylic acids is 1. The molecular formula is C16H20ClNO4. The van der Waals surface area contributed by atoms with E-state index in [2.05, 4.69) is 5.32 Å². The molecule has 5 nitrogen and oxygen atoms in total. The van der Waals surface area contributed by atoms with Gasteiger partial charge in [0.15, 0.2) is 0 Å². The van der Waals surface area contributed by atoms with Crippen molar-refractivity contribution in [3.05, 3.63) is 34.9 Å². The molecule has 1 heterocycles. The normalized spacial score (nSPS) is 18.5. The predicted molar refractivity (Wildman–Crippen MR) is 83.0 cm³/mol. The number of hydrogen-bond acceptors (Lipinski definition) is 3. The molecule has 0 bridgehead atoms. The molecule has 6 heteroatoms. The second kappa shape index (κ2) is 7.11. The molecule has 2 rings (SSSR count). The van der Waals surface area contributed by atoms with Gasteiger partial charge < -0.3 is 15.2 Å². The van der Waals surface area contributed by atoms with Gasteiger partial charge in [0, 0.05) is 24.3 Å². The van der Waals surface area contributed by atoms with Gasteiger partial charge in [-0.05, 0) is 31.4 Å². The summed E-state index contributed by atoms with van der Waals surface area (Å²) in [4.78, 5) is 23.6. The molecule has 1 aliphatic heterocycles. The smallest absolute Gasteiger partial charge is 0.305 e. The van der Waals surface area contributed by atoms with Crippen LogP contribution in [0.4, 0.5) is 0 Å². The lowest BCUT2D eigenvalue weighted by Gasteiger charge is -2.37. The number of carboxylic acids is 1. The number of rotatable bonds is 5. The third kappa shape index (κ3) is 3.59. The van der Waals surface area contributed by atoms with Gasteiger partial charge in [0.2, 0.25) is 5.91 Å². The molecule has 0 radical (unpaired) electrons. The molecule has 2 N–H and O–H groups in total. The summed E-state index contributed by atoms with van der Waals surface area (Å²) in [7, 11) is 0. The Morgan fingerprint density at radius 2 is 2.00 bits per heavy atom. The fraction of sp³-hybridized carbons (Fsp3) is 0.500. The third-order valence-electron chi connectivity index (χ3n) is 4.03. The van der Waals surface area contributed by atoms with E-state index in [-0.39, 0.29) is 12.3 Å². The van der Waals surface area contributed by atoms with Crippen molar-refractivity contribution in [2.45, 2.75) is 37.6 Å². The molecule has 1 aromatic rings. The van der Waals surface area contributed by atoms with E-state index in [4.69, 9.17) is 21.4 Å². The molecule has 1 unspecified atom stereocenters. The summed E-state index contributed by atoms with van der Waals surface area (Å²) >= 11 is 6.30. The molecule has 1 aliphatic rings. The lowest BCUT2D eigenvalue weighted by Crippen LogP contribution is -2.50. The molecule has 0 spiro atoms. The van der Waals surface area contributed by atoms with Crippen LogP contribution in [0.3, 0.4) is 0 Å². The molecule has 120 valence electrons. The molecule has 1 atom stereocenters. The highest BCUT2D eigenvalue weighted by Gasteiger charge is 2.43. The van der Waals surface area contributed by atoms with Gasteiger partial charge in [-0.3, -0.25) is 9.59 Å². The molecule has 1 saturated heterocycles. The Balaban J connectivity index is 2.28. The summed E-state index contributed by atoms with van der Waals surface area (Å²) in [5, 5.41) is 12.2. The number of amides is 1. The maximum atomic E-state index is 12.8. The van der Waals surface area contributed by atoms with Gasteiger partial charge in [0.1, 0.15) is 0 Å². The largest absolute Gasteiger partial charge is 0.481 e. The van der Waals surface area contributed by atoms with Gasteiger partial charge in [-0.1, -0.05) is 29.8 Å². The number of carbonyl (C=O) groups is 2. The number of benzene rings is 1. The summed E-state index contributed by atoms with van der Waals surface area (Å²) in [6.45, 7) is 2.64. The number of hydrogen-bond donors (Lipinski definition) is 2. The van der Waals surface area contributed by atoms with Gasteiger partial charge in [-0.2, -0.15) is 0 Å². The minimum Gasteiger partial charge on any atom is -0.481 e. The molecule has 0 saturated carbocycles. The first-order chi connectivity index (χ1) is 10.5. The number of aliphatic carboxylic acids is 1. The first-order valence-electron chi connectivity index (χ1n) is 7.31. The summed E-state index contributed by atoms with van der Waals surface area (Å²) in [5.74, 6) is -1.12. The van der Waals surface area contributed by atoms with E-state index >= 15 is 0 Å². The van der Waals surface area contributed by atoms with Crippen molar-refractivity contribution in [1.82, 2.24) is 5.32 Å². The van der Waals surface area contributed by atoms with Gasteiger partial charge in [0.05, 0.1) is 11.8 Å². The Hall–Kier alpha value is -1.59. The van der Waals surface area contributed by atoms with E-state index < -0.39 is 17.4 Å². The van der Waals surface area contributed by atoms with Gasteiger partial charge in [0.25, 0.3) is 0 Å². The van der Waals surface area contributed by atoms with Crippen LogP contribution in [-0.4, -0.2) is 36.2 Å². The fourth-order valence-electron chi connectivity index (χ4n) is 2.86. The summed E-state index contributed by atoms with van der Waals surface area (Å²) in [6, 6.07) is 6.86. The minimum absolute atomic E-state index is 0.110. The predicted octanol–water partition coefficient (Wildman–Crippen LogP) is 2.37. The van der Waals surface area contributed by atoms with Crippen molar-refractivity contribution in [3.63, 3.8) is 0 Å². The molecule has 1 fully saturated rings. The Labute approximate surface area is 134 Å². The number of halogens is 1. The third-order valence-corrected chi connectivity index (χ3v) is 4.36. The first kappa shape index (κ1) is 16.8. The zero-order chi connectivity index (χ0) is 16.2. The quantitative estimate of drug-likeness (QED) is 0.871. The van der Waals surface area contributed by atoms with Crippen molar-refractivity contribution >= 4 is 23.5 Å². The lowest BCUT2D eigenvalue weighted by molar-refractivity contribution is -0.138. The van der Waals surface area contributed by atoms with Crippen molar-refractivity contribution < 1.29 is 19.4 Å². The molecule has 1 aromatic carbocycles. The lowest BCUT2D eigenvalue weighted by atomic mass is 9.73. The van der Waals surface area contributed by atoms with Gasteiger partial charge in [-0.15, -0.1) is 0 Å². The Kier molecular flexibility index (Phi) is 5.42. The fourth-order valence-corrected chi connectivity index (χ4v) is 3.18. The summed E-state index contributed by atoms with van der Waals surface area (Å²) in [5.41, 5.74) is 0.0172. The van der Waals surface area contributed by atoms with Crippen LogP contribution in [0.1, 0.15) is 31.7 Å². The molecular weight excluding hydrogens is 306 g/mol. The molecule has 22 heavy (non-hydrogen) atoms. The Bertz CT molecular complexity index is 555. The zero-order valence-electron chi connectivity index (χ0n) is 12.5. The monoisotopic (exact) mass is 325 g/mol.